The van der Waals surface area contributed by atoms with Gasteiger partial charge in [0.15, 0.2) is 13.2 Å². The number of carbonyl (C=O) groups excluding carboxylic acids is 2. The van der Waals surface area contributed by atoms with Gasteiger partial charge in [0.2, 0.25) is 6.79 Å². The van der Waals surface area contributed by atoms with E-state index in [1.165, 1.54) is 24.3 Å². The highest BCUT2D eigenvalue weighted by Crippen LogP contribution is 2.27. The van der Waals surface area contributed by atoms with E-state index in [1.54, 1.807) is 12.1 Å². The lowest BCUT2D eigenvalue weighted by Gasteiger charge is -2.09. The van der Waals surface area contributed by atoms with Gasteiger partial charge in [0.1, 0.15) is 11.5 Å². The molecule has 0 saturated heterocycles. The summed E-state index contributed by atoms with van der Waals surface area (Å²) in [6.07, 6.45) is 0. The minimum Gasteiger partial charge on any atom is -0.482 e. The lowest BCUT2D eigenvalue weighted by molar-refractivity contribution is -0.169. The predicted molar refractivity (Wildman–Crippen MR) is 101 cm³/mol. The van der Waals surface area contributed by atoms with Gasteiger partial charge in [-0.15, -0.1) is 0 Å². The molecule has 0 unspecified atom stereocenters. The Morgan fingerprint density at radius 2 is 1.41 bits per heavy atom. The van der Waals surface area contributed by atoms with Crippen LogP contribution in [-0.2, 0) is 19.1 Å². The molecule has 0 amide bonds. The van der Waals surface area contributed by atoms with Crippen LogP contribution in [0.1, 0.15) is 0 Å². The van der Waals surface area contributed by atoms with Crippen LogP contribution in [0.2, 0.25) is 20.1 Å². The number of carbonyl (C=O) groups is 2. The second-order valence-electron chi connectivity index (χ2n) is 4.88. The second-order valence-corrected chi connectivity index (χ2v) is 6.54. The van der Waals surface area contributed by atoms with Crippen LogP contribution in [0.4, 0.5) is 0 Å². The Bertz CT molecular complexity index is 827. The first-order valence-corrected chi connectivity index (χ1v) is 8.83. The minimum atomic E-state index is -0.751. The van der Waals surface area contributed by atoms with Gasteiger partial charge in [-0.1, -0.05) is 46.4 Å². The van der Waals surface area contributed by atoms with Crippen molar-refractivity contribution in [2.24, 2.45) is 0 Å². The summed E-state index contributed by atoms with van der Waals surface area (Å²) in [5, 5.41) is 1.34. The van der Waals surface area contributed by atoms with Gasteiger partial charge >= 0.3 is 11.9 Å². The van der Waals surface area contributed by atoms with Crippen LogP contribution < -0.4 is 9.47 Å². The fourth-order valence-electron chi connectivity index (χ4n) is 1.68. The van der Waals surface area contributed by atoms with Gasteiger partial charge in [-0.2, -0.15) is 0 Å². The van der Waals surface area contributed by atoms with Crippen molar-refractivity contribution < 1.29 is 28.5 Å². The Balaban J connectivity index is 1.65. The van der Waals surface area contributed by atoms with Crippen molar-refractivity contribution in [3.63, 3.8) is 0 Å². The van der Waals surface area contributed by atoms with Crippen molar-refractivity contribution in [2.75, 3.05) is 20.0 Å². The first-order valence-electron chi connectivity index (χ1n) is 7.32. The quantitative estimate of drug-likeness (QED) is 0.422. The molecule has 0 radical (unpaired) electrons. The molecular formula is C17H12Cl4O6. The molecule has 0 aliphatic rings. The maximum absolute atomic E-state index is 11.6. The molecule has 0 aromatic heterocycles. The van der Waals surface area contributed by atoms with E-state index < -0.39 is 31.9 Å². The molecule has 2 aromatic carbocycles. The summed E-state index contributed by atoms with van der Waals surface area (Å²) in [6, 6.07) is 9.07. The Labute approximate surface area is 174 Å². The molecule has 2 aromatic rings. The van der Waals surface area contributed by atoms with Crippen LogP contribution in [0.25, 0.3) is 0 Å². The van der Waals surface area contributed by atoms with Crippen molar-refractivity contribution in [3.05, 3.63) is 56.5 Å². The van der Waals surface area contributed by atoms with E-state index in [-0.39, 0.29) is 15.8 Å². The zero-order valence-corrected chi connectivity index (χ0v) is 16.6. The highest BCUT2D eigenvalue weighted by molar-refractivity contribution is 6.42. The van der Waals surface area contributed by atoms with Crippen LogP contribution in [0.5, 0.6) is 11.5 Å². The molecular weight excluding hydrogens is 442 g/mol. The summed E-state index contributed by atoms with van der Waals surface area (Å²) < 4.78 is 19.8. The maximum Gasteiger partial charge on any atom is 0.347 e. The van der Waals surface area contributed by atoms with E-state index in [9.17, 15) is 9.59 Å². The van der Waals surface area contributed by atoms with Crippen LogP contribution in [0.15, 0.2) is 36.4 Å². The zero-order chi connectivity index (χ0) is 19.8. The average molecular weight is 454 g/mol. The average Bonchev–Trinajstić information content (AvgIpc) is 2.62. The zero-order valence-electron chi connectivity index (χ0n) is 13.5. The summed E-state index contributed by atoms with van der Waals surface area (Å²) >= 11 is 23.3. The second kappa shape index (κ2) is 10.5. The molecule has 0 N–H and O–H groups in total. The third kappa shape index (κ3) is 7.34. The van der Waals surface area contributed by atoms with Gasteiger partial charge < -0.3 is 18.9 Å². The van der Waals surface area contributed by atoms with Crippen molar-refractivity contribution in [1.82, 2.24) is 0 Å². The third-order valence-corrected chi connectivity index (χ3v) is 4.20. The molecule has 27 heavy (non-hydrogen) atoms. The number of hydrogen-bond acceptors (Lipinski definition) is 6. The Kier molecular flexibility index (Phi) is 8.31. The standard InChI is InChI=1S/C17H12Cl4O6/c18-10-1-4-15(14(21)5-10)25-8-17(23)27-9-26-16(22)7-24-11-2-3-12(19)13(20)6-11/h1-6H,7-9H2. The SMILES string of the molecule is O=C(COc1ccc(Cl)c(Cl)c1)OCOC(=O)COc1ccc(Cl)cc1Cl. The topological polar surface area (TPSA) is 71.1 Å². The molecule has 10 heteroatoms. The molecule has 0 fully saturated rings. The van der Waals surface area contributed by atoms with E-state index in [0.29, 0.717) is 15.8 Å². The van der Waals surface area contributed by atoms with Crippen molar-refractivity contribution >= 4 is 58.3 Å². The van der Waals surface area contributed by atoms with Crippen molar-refractivity contribution in [3.8, 4) is 11.5 Å². The maximum atomic E-state index is 11.6. The van der Waals surface area contributed by atoms with Gasteiger partial charge in [-0.3, -0.25) is 0 Å². The van der Waals surface area contributed by atoms with Gasteiger partial charge in [-0.25, -0.2) is 9.59 Å². The monoisotopic (exact) mass is 452 g/mol. The Morgan fingerprint density at radius 3 is 2.04 bits per heavy atom. The van der Waals surface area contributed by atoms with E-state index in [0.717, 1.165) is 0 Å². The number of hydrogen-bond donors (Lipinski definition) is 0. The van der Waals surface area contributed by atoms with Crippen LogP contribution in [0, 0.1) is 0 Å². The Hall–Kier alpha value is -1.86. The molecule has 2 rings (SSSR count). The summed E-state index contributed by atoms with van der Waals surface area (Å²) in [7, 11) is 0. The molecule has 0 atom stereocenters. The molecule has 0 bridgehead atoms. The number of esters is 2. The van der Waals surface area contributed by atoms with Crippen LogP contribution in [-0.4, -0.2) is 31.9 Å². The van der Waals surface area contributed by atoms with Gasteiger partial charge in [0.25, 0.3) is 0 Å². The first-order chi connectivity index (χ1) is 12.8. The van der Waals surface area contributed by atoms with E-state index in [1.807, 2.05) is 0 Å². The number of ether oxygens (including phenoxy) is 4. The summed E-state index contributed by atoms with van der Waals surface area (Å²) in [6.45, 7) is -1.40. The number of halogens is 4. The fourth-order valence-corrected chi connectivity index (χ4v) is 2.43. The predicted octanol–water partition coefficient (Wildman–Crippen LogP) is 4.80. The number of benzene rings is 2. The summed E-state index contributed by atoms with van der Waals surface area (Å²) in [5.41, 5.74) is 0. The summed E-state index contributed by atoms with van der Waals surface area (Å²) in [4.78, 5) is 23.1. The number of rotatable bonds is 8. The largest absolute Gasteiger partial charge is 0.482 e. The Morgan fingerprint density at radius 1 is 0.741 bits per heavy atom. The van der Waals surface area contributed by atoms with E-state index in [4.69, 9.17) is 65.4 Å². The normalized spacial score (nSPS) is 10.2. The first kappa shape index (κ1) is 21.4. The van der Waals surface area contributed by atoms with Crippen LogP contribution in [0.3, 0.4) is 0 Å². The molecule has 6 nitrogen and oxygen atoms in total. The minimum absolute atomic E-state index is 0.251. The molecule has 0 heterocycles. The van der Waals surface area contributed by atoms with E-state index >= 15 is 0 Å². The molecule has 0 saturated carbocycles. The van der Waals surface area contributed by atoms with Crippen molar-refractivity contribution in [1.29, 1.82) is 0 Å². The highest BCUT2D eigenvalue weighted by Gasteiger charge is 2.10. The smallest absolute Gasteiger partial charge is 0.347 e. The summed E-state index contributed by atoms with van der Waals surface area (Å²) in [5.74, 6) is -0.883. The fraction of sp³-hybridized carbons (Fsp3) is 0.176. The lowest BCUT2D eigenvalue weighted by atomic mass is 10.3. The lowest BCUT2D eigenvalue weighted by Crippen LogP contribution is -2.21. The van der Waals surface area contributed by atoms with E-state index in [2.05, 4.69) is 0 Å². The van der Waals surface area contributed by atoms with Gasteiger partial charge in [0, 0.05) is 11.1 Å². The van der Waals surface area contributed by atoms with Gasteiger partial charge in [-0.05, 0) is 30.3 Å². The molecule has 0 aliphatic carbocycles. The molecule has 0 aliphatic heterocycles. The molecule has 144 valence electrons. The van der Waals surface area contributed by atoms with Crippen molar-refractivity contribution in [2.45, 2.75) is 0 Å². The third-order valence-electron chi connectivity index (χ3n) is 2.93. The van der Waals surface area contributed by atoms with Gasteiger partial charge in [0.05, 0.1) is 15.1 Å². The highest BCUT2D eigenvalue weighted by atomic mass is 35.5. The molecule has 0 spiro atoms. The van der Waals surface area contributed by atoms with Crippen LogP contribution >= 0.6 is 46.4 Å².